The van der Waals surface area contributed by atoms with E-state index in [2.05, 4.69) is 4.99 Å². The molecule has 2 unspecified atom stereocenters. The summed E-state index contributed by atoms with van der Waals surface area (Å²) in [5.41, 5.74) is 0.623. The number of carboxylic acid groups (broad SMARTS) is 2. The molecule has 0 spiro atoms. The molecule has 190 valence electrons. The van der Waals surface area contributed by atoms with E-state index in [1.807, 2.05) is 19.0 Å². The monoisotopic (exact) mass is 486 g/mol. The zero-order valence-corrected chi connectivity index (χ0v) is 21.1. The highest BCUT2D eigenvalue weighted by Gasteiger charge is 2.42. The quantitative estimate of drug-likeness (QED) is 0.293. The average molecular weight is 487 g/mol. The molecule has 2 N–H and O–H groups in total. The number of hydrogen-bond donors (Lipinski definition) is 2. The Bertz CT molecular complexity index is 1050. The van der Waals surface area contributed by atoms with Crippen LogP contribution in [0.2, 0.25) is 0 Å². The van der Waals surface area contributed by atoms with Crippen LogP contribution in [0.4, 0.5) is 0 Å². The van der Waals surface area contributed by atoms with Crippen molar-refractivity contribution in [2.45, 2.75) is 39.2 Å². The first-order valence-corrected chi connectivity index (χ1v) is 11.3. The first-order valence-electron chi connectivity index (χ1n) is 11.3. The van der Waals surface area contributed by atoms with Crippen molar-refractivity contribution in [2.75, 3.05) is 33.9 Å². The molecule has 0 fully saturated rings. The smallest absolute Gasteiger partial charge is 0.334 e. The van der Waals surface area contributed by atoms with Gasteiger partial charge in [-0.15, -0.1) is 0 Å². The van der Waals surface area contributed by atoms with Crippen LogP contribution in [0.1, 0.15) is 44.7 Å². The predicted octanol–water partition coefficient (Wildman–Crippen LogP) is 3.22. The molecule has 0 amide bonds. The SMILES string of the molecule is CC1=NC(COCCN(C)C)=C(C(=O)O)C(c2ccccc2C=CC(=O)OC(C)(C)C)C1C(=O)O. The topological polar surface area (TPSA) is 126 Å². The normalized spacial score (nSPS) is 18.7. The Morgan fingerprint density at radius 2 is 1.80 bits per heavy atom. The Morgan fingerprint density at radius 3 is 2.37 bits per heavy atom. The van der Waals surface area contributed by atoms with Crippen LogP contribution in [-0.4, -0.2) is 78.2 Å². The summed E-state index contributed by atoms with van der Waals surface area (Å²) < 4.78 is 11.0. The third kappa shape index (κ3) is 7.87. The van der Waals surface area contributed by atoms with Crippen molar-refractivity contribution in [1.82, 2.24) is 4.90 Å². The maximum atomic E-state index is 12.4. The molecule has 2 rings (SSSR count). The molecular formula is C26H34N2O7. The summed E-state index contributed by atoms with van der Waals surface area (Å²) in [6, 6.07) is 6.80. The number of hydrogen-bond acceptors (Lipinski definition) is 7. The Morgan fingerprint density at radius 1 is 1.14 bits per heavy atom. The second kappa shape index (κ2) is 11.9. The number of aliphatic imine (C=N–C) groups is 1. The van der Waals surface area contributed by atoms with Crippen LogP contribution in [0.5, 0.6) is 0 Å². The number of carbonyl (C=O) groups is 3. The van der Waals surface area contributed by atoms with Gasteiger partial charge in [-0.05, 0) is 59.0 Å². The molecular weight excluding hydrogens is 452 g/mol. The van der Waals surface area contributed by atoms with Gasteiger partial charge in [-0.2, -0.15) is 0 Å². The summed E-state index contributed by atoms with van der Waals surface area (Å²) in [6.07, 6.45) is 2.76. The third-order valence-electron chi connectivity index (χ3n) is 5.27. The highest BCUT2D eigenvalue weighted by atomic mass is 16.6. The molecule has 2 atom stereocenters. The molecule has 0 saturated heterocycles. The van der Waals surface area contributed by atoms with Gasteiger partial charge in [0.05, 0.1) is 24.5 Å². The number of nitrogens with zero attached hydrogens (tertiary/aromatic N) is 2. The fraction of sp³-hybridized carbons (Fsp3) is 0.462. The summed E-state index contributed by atoms with van der Waals surface area (Å²) in [5.74, 6) is -5.24. The van der Waals surface area contributed by atoms with Gasteiger partial charge in [0, 0.05) is 24.3 Å². The van der Waals surface area contributed by atoms with Crippen molar-refractivity contribution in [3.05, 3.63) is 52.7 Å². The number of likely N-dealkylation sites (N-methyl/N-ethyl adjacent to an activating group) is 1. The summed E-state index contributed by atoms with van der Waals surface area (Å²) in [7, 11) is 3.78. The van der Waals surface area contributed by atoms with Gasteiger partial charge in [0.25, 0.3) is 0 Å². The molecule has 0 aromatic heterocycles. The van der Waals surface area contributed by atoms with Crippen LogP contribution in [0.3, 0.4) is 0 Å². The van der Waals surface area contributed by atoms with Gasteiger partial charge < -0.3 is 24.6 Å². The van der Waals surface area contributed by atoms with Crippen molar-refractivity contribution < 1.29 is 34.1 Å². The molecule has 0 bridgehead atoms. The molecule has 9 nitrogen and oxygen atoms in total. The van der Waals surface area contributed by atoms with Gasteiger partial charge in [-0.25, -0.2) is 9.59 Å². The van der Waals surface area contributed by atoms with Gasteiger partial charge in [0.1, 0.15) is 11.5 Å². The van der Waals surface area contributed by atoms with Gasteiger partial charge in [0.2, 0.25) is 0 Å². The molecule has 1 aliphatic rings. The number of carbonyl (C=O) groups excluding carboxylic acids is 1. The summed E-state index contributed by atoms with van der Waals surface area (Å²) in [5, 5.41) is 20.1. The van der Waals surface area contributed by atoms with E-state index in [9.17, 15) is 24.6 Å². The fourth-order valence-electron chi connectivity index (χ4n) is 3.81. The molecule has 0 radical (unpaired) electrons. The third-order valence-corrected chi connectivity index (χ3v) is 5.27. The fourth-order valence-corrected chi connectivity index (χ4v) is 3.81. The largest absolute Gasteiger partial charge is 0.481 e. The van der Waals surface area contributed by atoms with Gasteiger partial charge in [-0.3, -0.25) is 9.79 Å². The lowest BCUT2D eigenvalue weighted by Gasteiger charge is -2.31. The van der Waals surface area contributed by atoms with Gasteiger partial charge in [0.15, 0.2) is 0 Å². The zero-order valence-electron chi connectivity index (χ0n) is 21.1. The zero-order chi connectivity index (χ0) is 26.3. The second-order valence-corrected chi connectivity index (χ2v) is 9.56. The van der Waals surface area contributed by atoms with E-state index in [0.29, 0.717) is 24.3 Å². The van der Waals surface area contributed by atoms with Crippen molar-refractivity contribution in [1.29, 1.82) is 0 Å². The van der Waals surface area contributed by atoms with Crippen LogP contribution < -0.4 is 0 Å². The average Bonchev–Trinajstić information content (AvgIpc) is 2.73. The Hall–Kier alpha value is -3.30. The maximum Gasteiger partial charge on any atom is 0.334 e. The minimum Gasteiger partial charge on any atom is -0.481 e. The Labute approximate surface area is 205 Å². The number of benzene rings is 1. The number of ether oxygens (including phenoxy) is 2. The van der Waals surface area contributed by atoms with Crippen molar-refractivity contribution in [3.63, 3.8) is 0 Å². The molecule has 0 aliphatic carbocycles. The van der Waals surface area contributed by atoms with E-state index in [1.54, 1.807) is 52.0 Å². The van der Waals surface area contributed by atoms with E-state index in [-0.39, 0.29) is 23.6 Å². The number of aliphatic carboxylic acids is 2. The summed E-state index contributed by atoms with van der Waals surface area (Å²) in [4.78, 5) is 43.2. The minimum absolute atomic E-state index is 0.0639. The predicted molar refractivity (Wildman–Crippen MR) is 132 cm³/mol. The van der Waals surface area contributed by atoms with Crippen LogP contribution in [0.15, 0.2) is 46.6 Å². The van der Waals surface area contributed by atoms with Crippen LogP contribution in [0.25, 0.3) is 6.08 Å². The lowest BCUT2D eigenvalue weighted by atomic mass is 9.74. The number of carboxylic acids is 2. The second-order valence-electron chi connectivity index (χ2n) is 9.56. The lowest BCUT2D eigenvalue weighted by Crippen LogP contribution is -2.36. The van der Waals surface area contributed by atoms with E-state index >= 15 is 0 Å². The van der Waals surface area contributed by atoms with E-state index in [4.69, 9.17) is 9.47 Å². The molecule has 1 heterocycles. The molecule has 9 heteroatoms. The summed E-state index contributed by atoms with van der Waals surface area (Å²) >= 11 is 0. The van der Waals surface area contributed by atoms with Crippen molar-refractivity contribution >= 4 is 29.7 Å². The van der Waals surface area contributed by atoms with E-state index in [0.717, 1.165) is 0 Å². The lowest BCUT2D eigenvalue weighted by molar-refractivity contribution is -0.148. The number of esters is 1. The van der Waals surface area contributed by atoms with Gasteiger partial charge >= 0.3 is 17.9 Å². The molecule has 1 aromatic carbocycles. The standard InChI is InChI=1S/C26H34N2O7/c1-16-21(24(30)31)22(23(25(32)33)19(27-16)15-34-14-13-28(5)6)18-10-8-7-9-17(18)11-12-20(29)35-26(2,3)4/h7-12,21-22H,13-15H2,1-6H3,(H,30,31)(H,32,33). The highest BCUT2D eigenvalue weighted by Crippen LogP contribution is 2.41. The molecule has 35 heavy (non-hydrogen) atoms. The first-order chi connectivity index (χ1) is 16.3. The Balaban J connectivity index is 2.55. The summed E-state index contributed by atoms with van der Waals surface area (Å²) in [6.45, 7) is 7.76. The van der Waals surface area contributed by atoms with E-state index in [1.165, 1.54) is 12.2 Å². The number of rotatable bonds is 10. The van der Waals surface area contributed by atoms with Crippen LogP contribution in [0, 0.1) is 5.92 Å². The van der Waals surface area contributed by atoms with Crippen LogP contribution >= 0.6 is 0 Å². The molecule has 1 aromatic rings. The minimum atomic E-state index is -1.27. The molecule has 1 aliphatic heterocycles. The van der Waals surface area contributed by atoms with Gasteiger partial charge in [-0.1, -0.05) is 24.3 Å². The maximum absolute atomic E-state index is 12.4. The molecule has 0 saturated carbocycles. The first kappa shape index (κ1) is 27.9. The highest BCUT2D eigenvalue weighted by molar-refractivity contribution is 6.06. The van der Waals surface area contributed by atoms with Crippen LogP contribution in [-0.2, 0) is 23.9 Å². The van der Waals surface area contributed by atoms with Crippen molar-refractivity contribution in [3.8, 4) is 0 Å². The van der Waals surface area contributed by atoms with Crippen molar-refractivity contribution in [2.24, 2.45) is 10.9 Å². The Kier molecular flexibility index (Phi) is 9.50. The van der Waals surface area contributed by atoms with E-state index < -0.39 is 35.3 Å².